The summed E-state index contributed by atoms with van der Waals surface area (Å²) in [5.41, 5.74) is 9.84. The highest BCUT2D eigenvalue weighted by atomic mass is 127. The first kappa shape index (κ1) is 49.7. The van der Waals surface area contributed by atoms with Crippen LogP contribution in [0, 0.1) is 0 Å². The van der Waals surface area contributed by atoms with Crippen LogP contribution in [0.3, 0.4) is 0 Å². The molecule has 0 heterocycles. The Labute approximate surface area is 270 Å². The van der Waals surface area contributed by atoms with Gasteiger partial charge in [0.2, 0.25) is 0 Å². The summed E-state index contributed by atoms with van der Waals surface area (Å²) in [6, 6.07) is 0. The summed E-state index contributed by atoms with van der Waals surface area (Å²) in [6.45, 7) is 35.8. The molecule has 0 aromatic rings. The molecule has 0 aliphatic rings. The Balaban J connectivity index is -0.000000158. The number of likely N-dealkylation sites (N-methyl/N-ethyl adjacent to an activating group) is 2. The number of aliphatic hydroxyl groups is 1. The zero-order valence-electron chi connectivity index (χ0n) is 29.0. The summed E-state index contributed by atoms with van der Waals surface area (Å²) in [4.78, 5) is 22.3. The van der Waals surface area contributed by atoms with Crippen LogP contribution in [0.2, 0.25) is 0 Å². The van der Waals surface area contributed by atoms with Crippen molar-refractivity contribution in [1.82, 2.24) is 10.6 Å². The van der Waals surface area contributed by atoms with Gasteiger partial charge in [-0.15, -0.1) is 0 Å². The van der Waals surface area contributed by atoms with Crippen LogP contribution in [0.15, 0.2) is 0 Å². The highest BCUT2D eigenvalue weighted by molar-refractivity contribution is 5.67. The molecule has 41 heavy (non-hydrogen) atoms. The standard InChI is InChI=1S/C13H28N2O2.C8H21N2.C7H16N2O2.CH4O.HI/c1-7-15(8-2,9-3)11-10-14-12(16)17-13(4,5)6;1-4-10(5-2,6-3)8-7-9;1-7(2,3)11-6(10)9-5-4-8;1-2;/h7-11H2,1-6H3;4-9H2,1-3H3;4-5,8H2,1-3H3,(H,9,10);2H,1H3;1H/q;+1;;;. The minimum Gasteiger partial charge on any atom is -1.00 e. The van der Waals surface area contributed by atoms with Crippen molar-refractivity contribution in [2.45, 2.75) is 94.3 Å². The molecule has 11 nitrogen and oxygen atoms in total. The maximum atomic E-state index is 11.5. The molecule has 0 unspecified atom stereocenters. The first-order valence-electron chi connectivity index (χ1n) is 15.0. The number of hydrogen-bond donors (Lipinski definition) is 5. The summed E-state index contributed by atoms with van der Waals surface area (Å²) < 4.78 is 12.3. The lowest BCUT2D eigenvalue weighted by Crippen LogP contribution is -3.00. The third kappa shape index (κ3) is 30.3. The number of nitrogens with zero attached hydrogens (tertiary/aromatic N) is 2. The molecule has 0 rings (SSSR count). The SMILES string of the molecule is CC(C)(C)OC(=O)NCCN.CC[N+](CC)(CC)CCN.CC[N+](CC)(CC)CCNC(=O)OC(C)(C)C.CO.[I-]. The number of alkyl carbamates (subject to hydrolysis) is 2. The number of hydrogen-bond acceptors (Lipinski definition) is 7. The van der Waals surface area contributed by atoms with E-state index in [0.717, 1.165) is 50.9 Å². The van der Waals surface area contributed by atoms with E-state index in [1.165, 1.54) is 24.1 Å². The molecule has 0 bridgehead atoms. The highest BCUT2D eigenvalue weighted by Crippen LogP contribution is 2.08. The van der Waals surface area contributed by atoms with E-state index in [9.17, 15) is 9.59 Å². The average Bonchev–Trinajstić information content (AvgIpc) is 2.89. The van der Waals surface area contributed by atoms with Gasteiger partial charge in [0.15, 0.2) is 0 Å². The van der Waals surface area contributed by atoms with Gasteiger partial charge in [-0.2, -0.15) is 0 Å². The fourth-order valence-electron chi connectivity index (χ4n) is 3.76. The third-order valence-corrected chi connectivity index (χ3v) is 6.70. The minimum atomic E-state index is -0.432. The molecule has 0 atom stereocenters. The van der Waals surface area contributed by atoms with Crippen molar-refractivity contribution in [2.24, 2.45) is 11.5 Å². The molecule has 0 saturated heterocycles. The van der Waals surface area contributed by atoms with Crippen molar-refractivity contribution in [3.63, 3.8) is 0 Å². The number of rotatable bonds is 13. The smallest absolute Gasteiger partial charge is 0.407 e. The van der Waals surface area contributed by atoms with E-state index in [1.807, 2.05) is 41.5 Å². The molecule has 0 radical (unpaired) electrons. The molecule has 2 amide bonds. The van der Waals surface area contributed by atoms with E-state index in [0.29, 0.717) is 19.6 Å². The molecule has 0 fully saturated rings. The van der Waals surface area contributed by atoms with Crippen molar-refractivity contribution in [3.05, 3.63) is 0 Å². The van der Waals surface area contributed by atoms with Gasteiger partial charge in [-0.25, -0.2) is 9.59 Å². The minimum absolute atomic E-state index is 0. The first-order chi connectivity index (χ1) is 18.5. The van der Waals surface area contributed by atoms with Crippen LogP contribution in [0.25, 0.3) is 0 Å². The molecule has 0 aliphatic carbocycles. The van der Waals surface area contributed by atoms with Crippen molar-refractivity contribution in [2.75, 3.05) is 85.6 Å². The fourth-order valence-corrected chi connectivity index (χ4v) is 3.76. The van der Waals surface area contributed by atoms with Gasteiger partial charge in [-0.3, -0.25) is 0 Å². The lowest BCUT2D eigenvalue weighted by atomic mass is 10.2. The molecule has 0 aromatic heterocycles. The van der Waals surface area contributed by atoms with Gasteiger partial charge in [0, 0.05) is 26.7 Å². The van der Waals surface area contributed by atoms with Crippen molar-refractivity contribution >= 4 is 12.2 Å². The summed E-state index contributed by atoms with van der Waals surface area (Å²) in [5, 5.41) is 12.3. The fraction of sp³-hybridized carbons (Fsp3) is 0.931. The van der Waals surface area contributed by atoms with E-state index < -0.39 is 17.3 Å². The summed E-state index contributed by atoms with van der Waals surface area (Å²) in [7, 11) is 1.00. The quantitative estimate of drug-likeness (QED) is 0.137. The van der Waals surface area contributed by atoms with E-state index in [4.69, 9.17) is 26.0 Å². The van der Waals surface area contributed by atoms with Crippen molar-refractivity contribution < 1.29 is 57.1 Å². The Morgan fingerprint density at radius 3 is 1.12 bits per heavy atom. The van der Waals surface area contributed by atoms with Crippen LogP contribution in [-0.2, 0) is 9.47 Å². The second-order valence-electron chi connectivity index (χ2n) is 11.5. The summed E-state index contributed by atoms with van der Waals surface area (Å²) in [6.07, 6.45) is -0.734. The Kier molecular flexibility index (Phi) is 33.8. The van der Waals surface area contributed by atoms with Crippen LogP contribution in [0.1, 0.15) is 83.1 Å². The summed E-state index contributed by atoms with van der Waals surface area (Å²) >= 11 is 0. The number of halogens is 1. The molecule has 0 aromatic carbocycles. The Hall–Kier alpha value is -0.930. The zero-order valence-corrected chi connectivity index (χ0v) is 31.2. The molecule has 0 spiro atoms. The lowest BCUT2D eigenvalue weighted by molar-refractivity contribution is -0.922. The largest absolute Gasteiger partial charge is 1.00 e. The first-order valence-corrected chi connectivity index (χ1v) is 15.0. The second kappa shape index (κ2) is 27.9. The number of carbonyl (C=O) groups is 2. The van der Waals surface area contributed by atoms with Crippen LogP contribution in [-0.4, -0.2) is 123 Å². The summed E-state index contributed by atoms with van der Waals surface area (Å²) in [5.74, 6) is 0. The van der Waals surface area contributed by atoms with Crippen LogP contribution < -0.4 is 46.1 Å². The van der Waals surface area contributed by atoms with E-state index in [1.54, 1.807) is 0 Å². The van der Waals surface area contributed by atoms with Gasteiger partial charge in [-0.05, 0) is 83.1 Å². The number of amides is 2. The lowest BCUT2D eigenvalue weighted by Gasteiger charge is -2.35. The average molecular weight is 710 g/mol. The van der Waals surface area contributed by atoms with Crippen molar-refractivity contribution in [3.8, 4) is 0 Å². The van der Waals surface area contributed by atoms with Gasteiger partial charge in [0.25, 0.3) is 0 Å². The molecular weight excluding hydrogens is 639 g/mol. The maximum Gasteiger partial charge on any atom is 0.407 e. The number of carbonyl (C=O) groups excluding carboxylic acids is 2. The van der Waals surface area contributed by atoms with Crippen molar-refractivity contribution in [1.29, 1.82) is 0 Å². The molecule has 0 aliphatic heterocycles. The number of quaternary nitrogens is 2. The molecule has 0 saturated carbocycles. The topological polar surface area (TPSA) is 149 Å². The molecule has 7 N–H and O–H groups in total. The zero-order chi connectivity index (χ0) is 32.5. The van der Waals surface area contributed by atoms with Gasteiger partial charge in [-0.1, -0.05) is 0 Å². The predicted molar refractivity (Wildman–Crippen MR) is 168 cm³/mol. The third-order valence-electron chi connectivity index (χ3n) is 6.70. The molecule has 252 valence electrons. The van der Waals surface area contributed by atoms with Gasteiger partial charge >= 0.3 is 12.2 Å². The molecular formula is C29H70IN6O5+. The number of ether oxygens (including phenoxy) is 2. The van der Waals surface area contributed by atoms with Crippen LogP contribution in [0.5, 0.6) is 0 Å². The van der Waals surface area contributed by atoms with E-state index in [2.05, 4.69) is 52.2 Å². The number of nitrogens with two attached hydrogens (primary N) is 2. The Bertz CT molecular complexity index is 589. The normalized spacial score (nSPS) is 11.1. The molecule has 12 heteroatoms. The van der Waals surface area contributed by atoms with Gasteiger partial charge in [0.05, 0.1) is 58.9 Å². The maximum absolute atomic E-state index is 11.5. The second-order valence-corrected chi connectivity index (χ2v) is 11.5. The Morgan fingerprint density at radius 2 is 0.902 bits per heavy atom. The monoisotopic (exact) mass is 709 g/mol. The van der Waals surface area contributed by atoms with Crippen LogP contribution in [0.4, 0.5) is 9.59 Å². The van der Waals surface area contributed by atoms with Gasteiger partial charge < -0.3 is 69.6 Å². The van der Waals surface area contributed by atoms with E-state index >= 15 is 0 Å². The van der Waals surface area contributed by atoms with Gasteiger partial charge in [0.1, 0.15) is 11.2 Å². The number of aliphatic hydroxyl groups excluding tert-OH is 1. The highest BCUT2D eigenvalue weighted by Gasteiger charge is 2.22. The predicted octanol–water partition coefficient (Wildman–Crippen LogP) is 0.292. The Morgan fingerprint density at radius 1 is 0.610 bits per heavy atom. The number of nitrogens with one attached hydrogen (secondary N) is 2. The van der Waals surface area contributed by atoms with E-state index in [-0.39, 0.29) is 30.1 Å². The van der Waals surface area contributed by atoms with Crippen LogP contribution >= 0.6 is 0 Å².